The molecule has 0 N–H and O–H groups in total. The first kappa shape index (κ1) is 12.1. The molecule has 0 radical (unpaired) electrons. The number of carbonyl (C=O) groups is 1. The maximum absolute atomic E-state index is 12.1. The van der Waals surface area contributed by atoms with Crippen molar-refractivity contribution in [3.8, 4) is 0 Å². The Balaban J connectivity index is 1.77. The molecule has 0 bridgehead atoms. The second-order valence-electron chi connectivity index (χ2n) is 5.08. The molecule has 1 aliphatic rings. The molecule has 1 aromatic heterocycles. The molecule has 1 fully saturated rings. The molecule has 0 amide bonds. The van der Waals surface area contributed by atoms with Gasteiger partial charge in [0, 0.05) is 7.05 Å². The van der Waals surface area contributed by atoms with Gasteiger partial charge in [-0.3, -0.25) is 0 Å². The van der Waals surface area contributed by atoms with Crippen LogP contribution in [0, 0.1) is 0 Å². The first-order valence-electron chi connectivity index (χ1n) is 6.74. The zero-order chi connectivity index (χ0) is 13.2. The average Bonchev–Trinajstić information content (AvgIpc) is 2.81. The number of carbonyl (C=O) groups excluding carboxylic acids is 1. The fourth-order valence-corrected chi connectivity index (χ4v) is 2.57. The Kier molecular flexibility index (Phi) is 3.19. The fourth-order valence-electron chi connectivity index (χ4n) is 2.57. The molecule has 3 rings (SSSR count). The van der Waals surface area contributed by atoms with Crippen LogP contribution in [0.1, 0.15) is 42.5 Å². The molecule has 0 spiro atoms. The summed E-state index contributed by atoms with van der Waals surface area (Å²) >= 11 is 0. The number of aromatic nitrogens is 3. The Bertz CT molecular complexity index is 600. The molecule has 0 saturated heterocycles. The van der Waals surface area contributed by atoms with Gasteiger partial charge in [-0.2, -0.15) is 0 Å². The highest BCUT2D eigenvalue weighted by Crippen LogP contribution is 2.22. The predicted octanol–water partition coefficient (Wildman–Crippen LogP) is 2.46. The van der Waals surface area contributed by atoms with Crippen LogP contribution in [0.5, 0.6) is 0 Å². The molecule has 0 aliphatic heterocycles. The summed E-state index contributed by atoms with van der Waals surface area (Å²) < 4.78 is 7.23. The molecule has 5 heteroatoms. The lowest BCUT2D eigenvalue weighted by Crippen LogP contribution is -2.20. The molecule has 1 aliphatic carbocycles. The SMILES string of the molecule is Cn1nnc2cc(C(=O)OC3CCCCC3)ccc21. The van der Waals surface area contributed by atoms with E-state index in [4.69, 9.17) is 4.74 Å². The van der Waals surface area contributed by atoms with Crippen LogP contribution in [0.4, 0.5) is 0 Å². The van der Waals surface area contributed by atoms with Crippen LogP contribution in [-0.4, -0.2) is 27.1 Å². The highest BCUT2D eigenvalue weighted by Gasteiger charge is 2.19. The topological polar surface area (TPSA) is 57.0 Å². The molecular formula is C14H17N3O2. The van der Waals surface area contributed by atoms with Crippen LogP contribution >= 0.6 is 0 Å². The summed E-state index contributed by atoms with van der Waals surface area (Å²) in [5.74, 6) is -0.251. The van der Waals surface area contributed by atoms with Gasteiger partial charge in [0.05, 0.1) is 11.1 Å². The lowest BCUT2D eigenvalue weighted by atomic mass is 9.98. The molecule has 1 heterocycles. The van der Waals surface area contributed by atoms with Gasteiger partial charge in [-0.25, -0.2) is 9.48 Å². The zero-order valence-corrected chi connectivity index (χ0v) is 11.0. The number of rotatable bonds is 2. The van der Waals surface area contributed by atoms with E-state index in [0.29, 0.717) is 5.56 Å². The largest absolute Gasteiger partial charge is 0.459 e. The number of hydrogen-bond acceptors (Lipinski definition) is 4. The van der Waals surface area contributed by atoms with Crippen LogP contribution in [0.3, 0.4) is 0 Å². The number of aryl methyl sites for hydroxylation is 1. The molecule has 100 valence electrons. The minimum atomic E-state index is -0.251. The van der Waals surface area contributed by atoms with Gasteiger partial charge in [-0.05, 0) is 43.9 Å². The zero-order valence-electron chi connectivity index (χ0n) is 11.0. The van der Waals surface area contributed by atoms with Crippen LogP contribution in [0.15, 0.2) is 18.2 Å². The molecule has 1 saturated carbocycles. The maximum Gasteiger partial charge on any atom is 0.338 e. The Morgan fingerprint density at radius 1 is 1.32 bits per heavy atom. The summed E-state index contributed by atoms with van der Waals surface area (Å²) in [6.45, 7) is 0. The van der Waals surface area contributed by atoms with Crippen molar-refractivity contribution >= 4 is 17.0 Å². The van der Waals surface area contributed by atoms with Crippen molar-refractivity contribution in [2.75, 3.05) is 0 Å². The first-order valence-corrected chi connectivity index (χ1v) is 6.74. The summed E-state index contributed by atoms with van der Waals surface area (Å²) in [5, 5.41) is 7.94. The van der Waals surface area contributed by atoms with Gasteiger partial charge in [0.15, 0.2) is 0 Å². The number of hydrogen-bond donors (Lipinski definition) is 0. The fraction of sp³-hybridized carbons (Fsp3) is 0.500. The molecule has 1 aromatic carbocycles. The predicted molar refractivity (Wildman–Crippen MR) is 70.8 cm³/mol. The van der Waals surface area contributed by atoms with E-state index in [2.05, 4.69) is 10.3 Å². The van der Waals surface area contributed by atoms with E-state index in [1.807, 2.05) is 13.1 Å². The molecule has 0 unspecified atom stereocenters. The minimum absolute atomic E-state index is 0.0822. The van der Waals surface area contributed by atoms with Crippen molar-refractivity contribution in [2.45, 2.75) is 38.2 Å². The molecule has 2 aromatic rings. The maximum atomic E-state index is 12.1. The summed E-state index contributed by atoms with van der Waals surface area (Å²) in [6.07, 6.45) is 5.61. The van der Waals surface area contributed by atoms with Crippen LogP contribution in [-0.2, 0) is 11.8 Å². The van der Waals surface area contributed by atoms with E-state index in [1.165, 1.54) is 6.42 Å². The highest BCUT2D eigenvalue weighted by molar-refractivity contribution is 5.93. The summed E-state index contributed by atoms with van der Waals surface area (Å²) in [7, 11) is 1.83. The quantitative estimate of drug-likeness (QED) is 0.777. The molecule has 19 heavy (non-hydrogen) atoms. The summed E-state index contributed by atoms with van der Waals surface area (Å²) in [6, 6.07) is 5.37. The third-order valence-electron chi connectivity index (χ3n) is 3.67. The minimum Gasteiger partial charge on any atom is -0.459 e. The standard InChI is InChI=1S/C14H17N3O2/c1-17-13-8-7-10(9-12(13)15-16-17)14(18)19-11-5-3-2-4-6-11/h7-9,11H,2-6H2,1H3. The highest BCUT2D eigenvalue weighted by atomic mass is 16.5. The van der Waals surface area contributed by atoms with Gasteiger partial charge in [0.25, 0.3) is 0 Å². The van der Waals surface area contributed by atoms with E-state index >= 15 is 0 Å². The normalized spacial score (nSPS) is 16.7. The third kappa shape index (κ3) is 2.45. The van der Waals surface area contributed by atoms with Crippen molar-refractivity contribution in [3.63, 3.8) is 0 Å². The summed E-state index contributed by atoms with van der Waals surface area (Å²) in [5.41, 5.74) is 2.19. The summed E-state index contributed by atoms with van der Waals surface area (Å²) in [4.78, 5) is 12.1. The van der Waals surface area contributed by atoms with Gasteiger partial charge in [-0.15, -0.1) is 5.10 Å². The van der Waals surface area contributed by atoms with Crippen LogP contribution in [0.25, 0.3) is 11.0 Å². The van der Waals surface area contributed by atoms with Crippen LogP contribution in [0.2, 0.25) is 0 Å². The number of ether oxygens (including phenoxy) is 1. The lowest BCUT2D eigenvalue weighted by molar-refractivity contribution is 0.0211. The van der Waals surface area contributed by atoms with Crippen LogP contribution < -0.4 is 0 Å². The van der Waals surface area contributed by atoms with Gasteiger partial charge in [0.2, 0.25) is 0 Å². The Morgan fingerprint density at radius 2 is 2.11 bits per heavy atom. The Labute approximate surface area is 111 Å². The number of esters is 1. The second-order valence-corrected chi connectivity index (χ2v) is 5.08. The third-order valence-corrected chi connectivity index (χ3v) is 3.67. The molecule has 5 nitrogen and oxygen atoms in total. The lowest BCUT2D eigenvalue weighted by Gasteiger charge is -2.21. The Morgan fingerprint density at radius 3 is 2.89 bits per heavy atom. The molecular weight excluding hydrogens is 242 g/mol. The monoisotopic (exact) mass is 259 g/mol. The smallest absolute Gasteiger partial charge is 0.338 e. The van der Waals surface area contributed by atoms with E-state index in [9.17, 15) is 4.79 Å². The van der Waals surface area contributed by atoms with Gasteiger partial charge in [-0.1, -0.05) is 11.6 Å². The van der Waals surface area contributed by atoms with E-state index in [0.717, 1.165) is 36.7 Å². The van der Waals surface area contributed by atoms with E-state index in [1.54, 1.807) is 16.8 Å². The average molecular weight is 259 g/mol. The molecule has 0 atom stereocenters. The van der Waals surface area contributed by atoms with Gasteiger partial charge >= 0.3 is 5.97 Å². The second kappa shape index (κ2) is 4.99. The van der Waals surface area contributed by atoms with Gasteiger partial charge in [0.1, 0.15) is 11.6 Å². The van der Waals surface area contributed by atoms with Gasteiger partial charge < -0.3 is 4.74 Å². The van der Waals surface area contributed by atoms with E-state index in [-0.39, 0.29) is 12.1 Å². The van der Waals surface area contributed by atoms with Crippen molar-refractivity contribution in [3.05, 3.63) is 23.8 Å². The van der Waals surface area contributed by atoms with E-state index < -0.39 is 0 Å². The Hall–Kier alpha value is -1.91. The number of nitrogens with zero attached hydrogens (tertiary/aromatic N) is 3. The van der Waals surface area contributed by atoms with Crippen molar-refractivity contribution in [1.29, 1.82) is 0 Å². The number of fused-ring (bicyclic) bond motifs is 1. The van der Waals surface area contributed by atoms with Crippen molar-refractivity contribution in [2.24, 2.45) is 7.05 Å². The van der Waals surface area contributed by atoms with Crippen molar-refractivity contribution in [1.82, 2.24) is 15.0 Å². The number of benzene rings is 1. The van der Waals surface area contributed by atoms with Crippen molar-refractivity contribution < 1.29 is 9.53 Å². The first-order chi connectivity index (χ1) is 9.24.